The summed E-state index contributed by atoms with van der Waals surface area (Å²) in [5.74, 6) is 0.226. The van der Waals surface area contributed by atoms with Crippen LogP contribution in [0, 0.1) is 0 Å². The van der Waals surface area contributed by atoms with Crippen LogP contribution in [0.1, 0.15) is 20.3 Å². The summed E-state index contributed by atoms with van der Waals surface area (Å²) < 4.78 is 0. The van der Waals surface area contributed by atoms with Gasteiger partial charge in [0.2, 0.25) is 5.91 Å². The number of hydrogen-bond acceptors (Lipinski definition) is 2. The quantitative estimate of drug-likeness (QED) is 0.547. The molecule has 1 amide bonds. The first-order valence-corrected chi connectivity index (χ1v) is 4.05. The minimum Gasteiger partial charge on any atom is -0.333 e. The average Bonchev–Trinajstić information content (AvgIpc) is 2.04. The number of carbonyl (C=O) groups is 1. The lowest BCUT2D eigenvalue weighted by molar-refractivity contribution is -0.131. The topological polar surface area (TPSA) is 32.7 Å². The standard InChI is InChI=1S/C8H14N2O/c1-3-8(11)10-5-4-9-6-7(10)2/h6-7H,3-5H2,1-2H3. The highest BCUT2D eigenvalue weighted by molar-refractivity contribution is 5.81. The Kier molecular flexibility index (Phi) is 2.63. The van der Waals surface area contributed by atoms with Gasteiger partial charge in [0.25, 0.3) is 0 Å². The first-order valence-electron chi connectivity index (χ1n) is 4.05. The van der Waals surface area contributed by atoms with Gasteiger partial charge in [-0.2, -0.15) is 0 Å². The van der Waals surface area contributed by atoms with E-state index >= 15 is 0 Å². The van der Waals surface area contributed by atoms with Crippen molar-refractivity contribution in [3.63, 3.8) is 0 Å². The zero-order valence-corrected chi connectivity index (χ0v) is 7.08. The van der Waals surface area contributed by atoms with Crippen molar-refractivity contribution < 1.29 is 4.79 Å². The molecule has 1 rings (SSSR count). The van der Waals surface area contributed by atoms with Crippen LogP contribution in [0.2, 0.25) is 0 Å². The molecule has 0 radical (unpaired) electrons. The lowest BCUT2D eigenvalue weighted by Gasteiger charge is -2.28. The van der Waals surface area contributed by atoms with Crippen LogP contribution in [0.15, 0.2) is 4.99 Å². The summed E-state index contributed by atoms with van der Waals surface area (Å²) in [5.41, 5.74) is 0. The second kappa shape index (κ2) is 3.51. The van der Waals surface area contributed by atoms with Crippen molar-refractivity contribution in [2.45, 2.75) is 26.3 Å². The second-order valence-electron chi connectivity index (χ2n) is 2.74. The summed E-state index contributed by atoms with van der Waals surface area (Å²) in [7, 11) is 0. The first kappa shape index (κ1) is 8.24. The van der Waals surface area contributed by atoms with Crippen LogP contribution >= 0.6 is 0 Å². The molecule has 1 heterocycles. The van der Waals surface area contributed by atoms with Gasteiger partial charge in [0.15, 0.2) is 0 Å². The highest BCUT2D eigenvalue weighted by Gasteiger charge is 2.18. The molecule has 0 aliphatic carbocycles. The van der Waals surface area contributed by atoms with E-state index in [0.717, 1.165) is 13.1 Å². The Morgan fingerprint density at radius 2 is 2.55 bits per heavy atom. The van der Waals surface area contributed by atoms with Gasteiger partial charge in [0, 0.05) is 19.2 Å². The molecule has 0 N–H and O–H groups in total. The van der Waals surface area contributed by atoms with E-state index in [4.69, 9.17) is 0 Å². The maximum Gasteiger partial charge on any atom is 0.222 e. The van der Waals surface area contributed by atoms with Gasteiger partial charge >= 0.3 is 0 Å². The zero-order chi connectivity index (χ0) is 8.27. The molecule has 3 nitrogen and oxygen atoms in total. The Bertz CT molecular complexity index is 177. The Morgan fingerprint density at radius 3 is 3.09 bits per heavy atom. The fourth-order valence-electron chi connectivity index (χ4n) is 1.23. The first-order chi connectivity index (χ1) is 5.25. The molecule has 1 unspecified atom stereocenters. The second-order valence-corrected chi connectivity index (χ2v) is 2.74. The van der Waals surface area contributed by atoms with Crippen molar-refractivity contribution in [2.24, 2.45) is 4.99 Å². The fourth-order valence-corrected chi connectivity index (χ4v) is 1.23. The molecule has 0 aromatic carbocycles. The number of amides is 1. The smallest absolute Gasteiger partial charge is 0.222 e. The van der Waals surface area contributed by atoms with E-state index in [-0.39, 0.29) is 11.9 Å². The Labute approximate surface area is 67.1 Å². The van der Waals surface area contributed by atoms with Crippen LogP contribution in [-0.4, -0.2) is 36.2 Å². The van der Waals surface area contributed by atoms with Crippen molar-refractivity contribution in [3.8, 4) is 0 Å². The number of nitrogens with zero attached hydrogens (tertiary/aromatic N) is 2. The number of aliphatic imine (C=N–C) groups is 1. The summed E-state index contributed by atoms with van der Waals surface area (Å²) in [6, 6.07) is 0.191. The summed E-state index contributed by atoms with van der Waals surface area (Å²) >= 11 is 0. The van der Waals surface area contributed by atoms with Crippen molar-refractivity contribution in [3.05, 3.63) is 0 Å². The maximum atomic E-state index is 11.2. The molecule has 1 aliphatic rings. The lowest BCUT2D eigenvalue weighted by Crippen LogP contribution is -2.43. The summed E-state index contributed by atoms with van der Waals surface area (Å²) in [4.78, 5) is 17.2. The van der Waals surface area contributed by atoms with Gasteiger partial charge < -0.3 is 4.90 Å². The molecule has 3 heteroatoms. The van der Waals surface area contributed by atoms with Gasteiger partial charge in [-0.25, -0.2) is 0 Å². The van der Waals surface area contributed by atoms with Crippen LogP contribution in [0.3, 0.4) is 0 Å². The largest absolute Gasteiger partial charge is 0.333 e. The third kappa shape index (κ3) is 1.79. The Hall–Kier alpha value is -0.860. The normalized spacial score (nSPS) is 23.8. The molecule has 0 saturated carbocycles. The molecule has 0 aromatic rings. The van der Waals surface area contributed by atoms with Gasteiger partial charge in [0.05, 0.1) is 12.6 Å². The van der Waals surface area contributed by atoms with E-state index in [2.05, 4.69) is 4.99 Å². The highest BCUT2D eigenvalue weighted by Crippen LogP contribution is 2.03. The maximum absolute atomic E-state index is 11.2. The van der Waals surface area contributed by atoms with E-state index in [1.807, 2.05) is 25.0 Å². The minimum atomic E-state index is 0.191. The molecular formula is C8H14N2O. The van der Waals surface area contributed by atoms with Crippen LogP contribution in [0.4, 0.5) is 0 Å². The summed E-state index contributed by atoms with van der Waals surface area (Å²) in [6.45, 7) is 5.43. The van der Waals surface area contributed by atoms with Gasteiger partial charge in [-0.1, -0.05) is 6.92 Å². The highest BCUT2D eigenvalue weighted by atomic mass is 16.2. The molecule has 0 saturated heterocycles. The van der Waals surface area contributed by atoms with E-state index in [0.29, 0.717) is 6.42 Å². The van der Waals surface area contributed by atoms with Crippen LogP contribution in [0.5, 0.6) is 0 Å². The van der Waals surface area contributed by atoms with E-state index < -0.39 is 0 Å². The molecule has 11 heavy (non-hydrogen) atoms. The van der Waals surface area contributed by atoms with Crippen LogP contribution in [-0.2, 0) is 4.79 Å². The molecule has 1 atom stereocenters. The van der Waals surface area contributed by atoms with E-state index in [1.165, 1.54) is 0 Å². The predicted octanol–water partition coefficient (Wildman–Crippen LogP) is 0.698. The Morgan fingerprint density at radius 1 is 1.82 bits per heavy atom. The van der Waals surface area contributed by atoms with Crippen molar-refractivity contribution in [2.75, 3.05) is 13.1 Å². The fraction of sp³-hybridized carbons (Fsp3) is 0.750. The molecule has 0 spiro atoms. The zero-order valence-electron chi connectivity index (χ0n) is 7.08. The third-order valence-corrected chi connectivity index (χ3v) is 1.91. The van der Waals surface area contributed by atoms with Gasteiger partial charge in [-0.05, 0) is 6.92 Å². The molecule has 62 valence electrons. The predicted molar refractivity (Wildman–Crippen MR) is 44.8 cm³/mol. The monoisotopic (exact) mass is 154 g/mol. The van der Waals surface area contributed by atoms with Gasteiger partial charge in [-0.15, -0.1) is 0 Å². The molecular weight excluding hydrogens is 140 g/mol. The summed E-state index contributed by atoms with van der Waals surface area (Å²) in [6.07, 6.45) is 2.44. The number of hydrogen-bond donors (Lipinski definition) is 0. The lowest BCUT2D eigenvalue weighted by atomic mass is 10.2. The number of rotatable bonds is 1. The molecule has 0 bridgehead atoms. The van der Waals surface area contributed by atoms with Crippen molar-refractivity contribution in [1.82, 2.24) is 4.90 Å². The Balaban J connectivity index is 2.57. The number of carbonyl (C=O) groups excluding carboxylic acids is 1. The molecule has 1 aliphatic heterocycles. The van der Waals surface area contributed by atoms with Crippen LogP contribution < -0.4 is 0 Å². The average molecular weight is 154 g/mol. The van der Waals surface area contributed by atoms with E-state index in [9.17, 15) is 4.79 Å². The van der Waals surface area contributed by atoms with Gasteiger partial charge in [0.1, 0.15) is 0 Å². The third-order valence-electron chi connectivity index (χ3n) is 1.91. The van der Waals surface area contributed by atoms with E-state index in [1.54, 1.807) is 0 Å². The van der Waals surface area contributed by atoms with Crippen molar-refractivity contribution in [1.29, 1.82) is 0 Å². The molecule has 0 fully saturated rings. The van der Waals surface area contributed by atoms with Gasteiger partial charge in [-0.3, -0.25) is 9.79 Å². The van der Waals surface area contributed by atoms with Crippen molar-refractivity contribution >= 4 is 12.1 Å². The summed E-state index contributed by atoms with van der Waals surface area (Å²) in [5, 5.41) is 0. The van der Waals surface area contributed by atoms with Crippen LogP contribution in [0.25, 0.3) is 0 Å². The molecule has 0 aromatic heterocycles. The minimum absolute atomic E-state index is 0.191. The SMILES string of the molecule is CCC(=O)N1CCN=CC1C.